The van der Waals surface area contributed by atoms with Crippen molar-refractivity contribution in [1.29, 1.82) is 0 Å². The molecular formula is C81H69Br4F3N25O6P. The summed E-state index contributed by atoms with van der Waals surface area (Å²) in [5, 5.41) is 11.8. The molecule has 608 valence electrons. The molecule has 120 heavy (non-hydrogen) atoms. The van der Waals surface area contributed by atoms with E-state index < -0.39 is 35.3 Å². The second-order valence-electron chi connectivity index (χ2n) is 23.9. The van der Waals surface area contributed by atoms with Gasteiger partial charge in [0.15, 0.2) is 17.5 Å². The van der Waals surface area contributed by atoms with Crippen LogP contribution in [0.15, 0.2) is 294 Å². The van der Waals surface area contributed by atoms with E-state index in [1.807, 2.05) is 60.7 Å². The van der Waals surface area contributed by atoms with E-state index >= 15 is 0 Å². The topological polar surface area (TPSA) is 421 Å². The molecule has 31 nitrogen and oxygen atoms in total. The minimum atomic E-state index is -0.798. The third-order valence-corrected chi connectivity index (χ3v) is 17.8. The highest BCUT2D eigenvalue weighted by Gasteiger charge is 2.22. The molecule has 12 aromatic heterocycles. The van der Waals surface area contributed by atoms with Crippen molar-refractivity contribution in [1.82, 2.24) is 90.2 Å². The van der Waals surface area contributed by atoms with Crippen molar-refractivity contribution in [2.24, 2.45) is 0 Å². The highest BCUT2D eigenvalue weighted by Crippen LogP contribution is 2.33. The van der Waals surface area contributed by atoms with Gasteiger partial charge in [-0.1, -0.05) is 66.0 Å². The van der Waals surface area contributed by atoms with Crippen LogP contribution in [0.5, 0.6) is 0 Å². The molecule has 1 atom stereocenters. The van der Waals surface area contributed by atoms with Gasteiger partial charge >= 0.3 is 11.9 Å². The Hall–Kier alpha value is -13.8. The summed E-state index contributed by atoms with van der Waals surface area (Å²) in [6.07, 6.45) is 35.2. The predicted octanol–water partition coefficient (Wildman–Crippen LogP) is 15.9. The van der Waals surface area contributed by atoms with Gasteiger partial charge in [-0.15, -0.1) is 0 Å². The van der Waals surface area contributed by atoms with Gasteiger partial charge < -0.3 is 46.7 Å². The summed E-state index contributed by atoms with van der Waals surface area (Å²) in [7, 11) is 2.50. The zero-order chi connectivity index (χ0) is 84.4. The molecule has 9 N–H and O–H groups in total. The number of nitrogens with zero attached hydrogens (tertiary/aromatic N) is 20. The number of rotatable bonds is 19. The summed E-state index contributed by atoms with van der Waals surface area (Å²) < 4.78 is 57.1. The fourth-order valence-corrected chi connectivity index (χ4v) is 11.9. The first kappa shape index (κ1) is 90.1. The number of halogens is 7. The van der Waals surface area contributed by atoms with Crippen molar-refractivity contribution in [3.05, 3.63) is 345 Å². The van der Waals surface area contributed by atoms with Crippen LogP contribution in [0.3, 0.4) is 0 Å². The maximum absolute atomic E-state index is 14.8. The summed E-state index contributed by atoms with van der Waals surface area (Å²) in [6, 6.07) is 38.0. The zero-order valence-electron chi connectivity index (χ0n) is 63.1. The molecule has 0 aliphatic rings. The fourth-order valence-electron chi connectivity index (χ4n) is 10.2. The molecule has 1 amide bonds. The monoisotopic (exact) mass is 1890 g/mol. The largest absolute Gasteiger partial charge is 0.465 e. The highest BCUT2D eigenvalue weighted by molar-refractivity contribution is 9.11. The average Bonchev–Trinajstić information content (AvgIpc) is 0.797. The second kappa shape index (κ2) is 46.2. The number of nitrogens with one attached hydrogen (secondary N) is 2. The van der Waals surface area contributed by atoms with Gasteiger partial charge in [-0.3, -0.25) is 34.9 Å². The molecule has 15 aromatic rings. The van der Waals surface area contributed by atoms with Crippen LogP contribution in [-0.2, 0) is 29.1 Å². The van der Waals surface area contributed by atoms with Crippen LogP contribution in [0.25, 0.3) is 22.3 Å². The van der Waals surface area contributed by atoms with Crippen LogP contribution in [0, 0.1) is 17.5 Å². The second-order valence-corrected chi connectivity index (χ2v) is 27.4. The lowest BCUT2D eigenvalue weighted by atomic mass is 10.1. The van der Waals surface area contributed by atoms with Gasteiger partial charge in [-0.25, -0.2) is 88.0 Å². The van der Waals surface area contributed by atoms with Gasteiger partial charge in [0.1, 0.15) is 68.6 Å². The number of hydrogen-bond acceptors (Lipinski definition) is 30. The van der Waals surface area contributed by atoms with Crippen molar-refractivity contribution in [2.45, 2.75) is 19.6 Å². The van der Waals surface area contributed by atoms with Gasteiger partial charge in [-0.05, 0) is 148 Å². The van der Waals surface area contributed by atoms with Crippen molar-refractivity contribution >= 4 is 155 Å². The number of nitrogens with two attached hydrogens (primary N) is 3. The Kier molecular flexibility index (Phi) is 34.7. The van der Waals surface area contributed by atoms with E-state index in [0.29, 0.717) is 74.9 Å². The molecule has 0 aliphatic carbocycles. The maximum Gasteiger partial charge on any atom is 0.337 e. The van der Waals surface area contributed by atoms with Crippen molar-refractivity contribution in [3.8, 4) is 22.3 Å². The van der Waals surface area contributed by atoms with Crippen LogP contribution in [0.2, 0.25) is 0 Å². The first-order valence-corrected chi connectivity index (χ1v) is 37.9. The number of anilines is 11. The molecule has 0 fully saturated rings. The molecule has 0 aliphatic heterocycles. The molecular weight excluding hydrogens is 1830 g/mol. The number of hydroxylamine groups is 1. The van der Waals surface area contributed by atoms with Crippen LogP contribution >= 0.6 is 73.6 Å². The Morgan fingerprint density at radius 2 is 0.733 bits per heavy atom. The number of hydrogen-bond donors (Lipinski definition) is 6. The lowest BCUT2D eigenvalue weighted by Crippen LogP contribution is -2.21. The third kappa shape index (κ3) is 27.4. The zero-order valence-corrected chi connectivity index (χ0v) is 70.9. The number of esters is 2. The highest BCUT2D eigenvalue weighted by atomic mass is 79.9. The van der Waals surface area contributed by atoms with E-state index in [9.17, 15) is 27.6 Å². The molecule has 0 radical (unpaired) electrons. The van der Waals surface area contributed by atoms with Crippen LogP contribution in [0.4, 0.5) is 77.2 Å². The number of methoxy groups -OCH3 is 2. The Morgan fingerprint density at radius 1 is 0.358 bits per heavy atom. The van der Waals surface area contributed by atoms with E-state index in [4.69, 9.17) is 22.4 Å². The summed E-state index contributed by atoms with van der Waals surface area (Å²) in [6.45, 7) is 0.347. The molecule has 0 saturated carbocycles. The average molecular weight is 1900 g/mol. The first-order valence-electron chi connectivity index (χ1n) is 34.7. The maximum atomic E-state index is 14.8. The Bertz CT molecular complexity index is 5600. The standard InChI is InChI=1S/C23H19FN6O2.C22H18FN7O2.C18H14BrFN4O2.C9H7BrN4.C5H3Br2N.C4H5N3.H3P/c1-32-23(31)16-2-3-18(19(24)10-16)14-30(22-13-26-8-9-28-22)21-11-15(6-7-27-21)17-4-5-20(25)29-12-17;23-18-9-15(22(31)29-32)1-2-17(18)13-30(21-12-25-7-8-27-21)20-10-14(5-6-26-20)16-3-4-19(24)28-11-16;1-26-18(25)12-2-3-13(15(20)8-12)11-24(17-10-21-6-7-23-17)16-9-14(19)4-5-22-16;10-7-1-2-12-8(5-7)14-9-6-11-3-4-13-9;6-4-1-2-8-5(7)3-4;5-4-3-6-1-2-7-4;/h2-13H,14H2,1H3,(H2,25,29);1-12,32H,13H2,(H2,24,28)(H,29,31);2-10H,11H2,1H3;1-6H,(H,12,13,14);1-3H;1-3H,(H2,5,7);1H3. The summed E-state index contributed by atoms with van der Waals surface area (Å²) in [4.78, 5) is 110. The Balaban J connectivity index is 0.000000175. The van der Waals surface area contributed by atoms with Gasteiger partial charge in [0.25, 0.3) is 5.91 Å². The third-order valence-electron chi connectivity index (χ3n) is 15.9. The lowest BCUT2D eigenvalue weighted by Gasteiger charge is -2.23. The summed E-state index contributed by atoms with van der Waals surface area (Å²) in [5.74, 6) is 2.16. The number of carbonyl (C=O) groups excluding carboxylic acids is 3. The van der Waals surface area contributed by atoms with Crippen LogP contribution in [0.1, 0.15) is 47.8 Å². The molecule has 15 rings (SSSR count). The molecule has 0 saturated heterocycles. The van der Waals surface area contributed by atoms with E-state index in [1.54, 1.807) is 169 Å². The van der Waals surface area contributed by atoms with Gasteiger partial charge in [0, 0.05) is 152 Å². The van der Waals surface area contributed by atoms with Gasteiger partial charge in [0.05, 0.1) is 76.0 Å². The van der Waals surface area contributed by atoms with Crippen molar-refractivity contribution < 1.29 is 42.2 Å². The number of benzene rings is 3. The quantitative estimate of drug-likeness (QED) is 0.0144. The van der Waals surface area contributed by atoms with Crippen molar-refractivity contribution in [3.63, 3.8) is 0 Å². The van der Waals surface area contributed by atoms with Crippen molar-refractivity contribution in [2.75, 3.05) is 51.4 Å². The molecule has 3 aromatic carbocycles. The van der Waals surface area contributed by atoms with Crippen LogP contribution in [-0.4, -0.2) is 122 Å². The smallest absolute Gasteiger partial charge is 0.337 e. The molecule has 1 unspecified atom stereocenters. The molecule has 0 bridgehead atoms. The van der Waals surface area contributed by atoms with Crippen LogP contribution < -0.4 is 42.7 Å². The molecule has 0 spiro atoms. The number of ether oxygens (including phenoxy) is 2. The Morgan fingerprint density at radius 3 is 1.07 bits per heavy atom. The normalized spacial score (nSPS) is 10.2. The van der Waals surface area contributed by atoms with Gasteiger partial charge in [0.2, 0.25) is 0 Å². The first-order chi connectivity index (χ1) is 57.7. The molecule has 12 heterocycles. The number of carbonyl (C=O) groups is 3. The lowest BCUT2D eigenvalue weighted by molar-refractivity contribution is 0.0591. The molecule has 39 heteroatoms. The SMILES string of the molecule is Brc1ccnc(Br)c1.Brc1ccnc(Nc2cnccn2)c1.COC(=O)c1ccc(CN(c2cnccn2)c2cc(-c3ccc(N)nc3)ccn2)c(F)c1.COC(=O)c1ccc(CN(c2cnccn2)c2cc(Br)ccn2)c(F)c1.Nc1ccc(-c2ccnc(N(Cc3ccc(C(=O)NO)cc3F)c3cnccn3)c2)cn1.Nc1cnccn1.P. The number of nitrogen functional groups attached to an aromatic ring is 3. The van der Waals surface area contributed by atoms with E-state index in [0.717, 1.165) is 64.3 Å². The number of aromatic nitrogens is 17. The Labute approximate surface area is 720 Å². The van der Waals surface area contributed by atoms with E-state index in [-0.39, 0.29) is 46.2 Å². The minimum absolute atomic E-state index is 0. The summed E-state index contributed by atoms with van der Waals surface area (Å²) >= 11 is 13.3. The fraction of sp³-hybridized carbons (Fsp3) is 0.0617. The minimum Gasteiger partial charge on any atom is -0.465 e. The van der Waals surface area contributed by atoms with Gasteiger partial charge in [-0.2, -0.15) is 9.90 Å². The van der Waals surface area contributed by atoms with E-state index in [1.165, 1.54) is 62.6 Å². The summed E-state index contributed by atoms with van der Waals surface area (Å²) in [5.41, 5.74) is 22.7. The number of amides is 1. The predicted molar refractivity (Wildman–Crippen MR) is 465 cm³/mol. The number of pyridine rings is 7. The van der Waals surface area contributed by atoms with E-state index in [2.05, 4.69) is 163 Å².